The first-order chi connectivity index (χ1) is 12.3. The average Bonchev–Trinajstić information content (AvgIpc) is 2.59. The molecule has 0 radical (unpaired) electrons. The minimum absolute atomic E-state index is 0.0825. The first-order valence-corrected chi connectivity index (χ1v) is 10.3. The van der Waals surface area contributed by atoms with E-state index < -0.39 is 10.0 Å². The van der Waals surface area contributed by atoms with Gasteiger partial charge in [0.1, 0.15) is 0 Å². The van der Waals surface area contributed by atoms with Crippen molar-refractivity contribution in [3.63, 3.8) is 0 Å². The van der Waals surface area contributed by atoms with Crippen molar-refractivity contribution in [2.75, 3.05) is 6.54 Å². The Morgan fingerprint density at radius 2 is 1.81 bits per heavy atom. The van der Waals surface area contributed by atoms with E-state index in [1.807, 2.05) is 6.07 Å². The van der Waals surface area contributed by atoms with Crippen LogP contribution in [0.3, 0.4) is 0 Å². The summed E-state index contributed by atoms with van der Waals surface area (Å²) in [6, 6.07) is 11.7. The first-order valence-electron chi connectivity index (χ1n) is 8.45. The number of sulfonamides is 1. The molecule has 0 saturated carbocycles. The molecule has 7 heteroatoms. The molecule has 1 heterocycles. The molecule has 1 N–H and O–H groups in total. The molecule has 0 aromatic heterocycles. The highest BCUT2D eigenvalue weighted by atomic mass is 35.5. The fourth-order valence-electron chi connectivity index (χ4n) is 3.03. The first kappa shape index (κ1) is 18.9. The molecule has 0 aliphatic carbocycles. The van der Waals surface area contributed by atoms with Crippen LogP contribution in [0.1, 0.15) is 35.3 Å². The highest BCUT2D eigenvalue weighted by Crippen LogP contribution is 2.24. The Morgan fingerprint density at radius 1 is 1.12 bits per heavy atom. The van der Waals surface area contributed by atoms with Crippen molar-refractivity contribution >= 4 is 27.5 Å². The van der Waals surface area contributed by atoms with Crippen LogP contribution in [0.2, 0.25) is 5.02 Å². The lowest BCUT2D eigenvalue weighted by Crippen LogP contribution is -2.36. The van der Waals surface area contributed by atoms with E-state index in [0.29, 0.717) is 30.1 Å². The Bertz CT molecular complexity index is 924. The number of amides is 1. The van der Waals surface area contributed by atoms with Gasteiger partial charge < -0.3 is 4.90 Å². The van der Waals surface area contributed by atoms with E-state index in [1.54, 1.807) is 55.1 Å². The third kappa shape index (κ3) is 4.09. The van der Waals surface area contributed by atoms with Crippen LogP contribution in [0.25, 0.3) is 0 Å². The third-order valence-electron chi connectivity index (χ3n) is 4.27. The second kappa shape index (κ2) is 7.39. The van der Waals surface area contributed by atoms with E-state index >= 15 is 0 Å². The summed E-state index contributed by atoms with van der Waals surface area (Å²) in [5, 5.41) is 0.582. The number of rotatable bonds is 4. The Hall–Kier alpha value is -1.89. The number of benzene rings is 2. The Morgan fingerprint density at radius 3 is 2.46 bits per heavy atom. The van der Waals surface area contributed by atoms with E-state index in [0.717, 1.165) is 11.1 Å². The van der Waals surface area contributed by atoms with Crippen molar-refractivity contribution in [1.29, 1.82) is 0 Å². The molecule has 2 aromatic rings. The number of fused-ring (bicyclic) bond motifs is 1. The summed E-state index contributed by atoms with van der Waals surface area (Å²) in [6.07, 6.45) is 0.701. The fourth-order valence-corrected chi connectivity index (χ4v) is 4.45. The molecule has 0 saturated heterocycles. The zero-order valence-corrected chi connectivity index (χ0v) is 16.3. The second-order valence-electron chi connectivity index (χ2n) is 6.69. The lowest BCUT2D eigenvalue weighted by molar-refractivity contribution is 0.0734. The van der Waals surface area contributed by atoms with Crippen LogP contribution in [0.4, 0.5) is 0 Å². The van der Waals surface area contributed by atoms with Gasteiger partial charge in [-0.1, -0.05) is 17.7 Å². The zero-order chi connectivity index (χ0) is 18.9. The van der Waals surface area contributed by atoms with Crippen molar-refractivity contribution in [2.24, 2.45) is 0 Å². The van der Waals surface area contributed by atoms with Crippen LogP contribution in [-0.2, 0) is 23.0 Å². The van der Waals surface area contributed by atoms with Gasteiger partial charge in [0, 0.05) is 29.7 Å². The van der Waals surface area contributed by atoms with Crippen molar-refractivity contribution in [3.05, 3.63) is 64.2 Å². The number of carbonyl (C=O) groups is 1. The molecule has 1 aliphatic rings. The molecule has 0 bridgehead atoms. The van der Waals surface area contributed by atoms with Gasteiger partial charge in [-0.25, -0.2) is 13.1 Å². The van der Waals surface area contributed by atoms with E-state index in [4.69, 9.17) is 11.6 Å². The normalized spacial score (nSPS) is 14.4. The Labute approximate surface area is 159 Å². The SMILES string of the molecule is CC(C)NS(=O)(=O)c1ccc2c(c1)CN(C(=O)c1ccc(Cl)cc1)CC2. The Balaban J connectivity index is 1.84. The largest absolute Gasteiger partial charge is 0.334 e. The molecule has 5 nitrogen and oxygen atoms in total. The zero-order valence-electron chi connectivity index (χ0n) is 14.7. The number of hydrogen-bond acceptors (Lipinski definition) is 3. The van der Waals surface area contributed by atoms with Crippen molar-refractivity contribution in [3.8, 4) is 0 Å². The summed E-state index contributed by atoms with van der Waals surface area (Å²) in [5.41, 5.74) is 2.52. The quantitative estimate of drug-likeness (QED) is 0.868. The summed E-state index contributed by atoms with van der Waals surface area (Å²) < 4.78 is 27.4. The monoisotopic (exact) mass is 392 g/mol. The van der Waals surface area contributed by atoms with E-state index in [-0.39, 0.29) is 16.8 Å². The number of nitrogens with one attached hydrogen (secondary N) is 1. The van der Waals surface area contributed by atoms with Crippen LogP contribution in [-0.4, -0.2) is 31.8 Å². The smallest absolute Gasteiger partial charge is 0.254 e. The van der Waals surface area contributed by atoms with Gasteiger partial charge in [0.15, 0.2) is 0 Å². The molecule has 0 atom stereocenters. The van der Waals surface area contributed by atoms with Gasteiger partial charge in [-0.2, -0.15) is 0 Å². The highest BCUT2D eigenvalue weighted by Gasteiger charge is 2.24. The molecule has 2 aromatic carbocycles. The van der Waals surface area contributed by atoms with Crippen LogP contribution < -0.4 is 4.72 Å². The minimum atomic E-state index is -3.56. The van der Waals surface area contributed by atoms with Crippen molar-refractivity contribution in [2.45, 2.75) is 37.8 Å². The minimum Gasteiger partial charge on any atom is -0.334 e. The van der Waals surface area contributed by atoms with Crippen LogP contribution in [0, 0.1) is 0 Å². The van der Waals surface area contributed by atoms with Gasteiger partial charge in [-0.05, 0) is 67.8 Å². The van der Waals surface area contributed by atoms with E-state index in [1.165, 1.54) is 0 Å². The maximum absolute atomic E-state index is 12.7. The molecule has 138 valence electrons. The molecular formula is C19H21ClN2O3S. The van der Waals surface area contributed by atoms with Crippen molar-refractivity contribution in [1.82, 2.24) is 9.62 Å². The molecule has 1 amide bonds. The van der Waals surface area contributed by atoms with Gasteiger partial charge in [-0.15, -0.1) is 0 Å². The summed E-state index contributed by atoms with van der Waals surface area (Å²) in [6.45, 7) is 4.55. The fraction of sp³-hybridized carbons (Fsp3) is 0.316. The topological polar surface area (TPSA) is 66.5 Å². The summed E-state index contributed by atoms with van der Waals surface area (Å²) >= 11 is 5.88. The summed E-state index contributed by atoms with van der Waals surface area (Å²) in [5.74, 6) is -0.0825. The van der Waals surface area contributed by atoms with E-state index in [9.17, 15) is 13.2 Å². The lowest BCUT2D eigenvalue weighted by Gasteiger charge is -2.29. The molecule has 3 rings (SSSR count). The van der Waals surface area contributed by atoms with Gasteiger partial charge in [0.25, 0.3) is 5.91 Å². The lowest BCUT2D eigenvalue weighted by atomic mass is 9.99. The second-order valence-corrected chi connectivity index (χ2v) is 8.84. The molecular weight excluding hydrogens is 372 g/mol. The maximum atomic E-state index is 12.7. The van der Waals surface area contributed by atoms with E-state index in [2.05, 4.69) is 4.72 Å². The number of carbonyl (C=O) groups excluding carboxylic acids is 1. The molecule has 0 fully saturated rings. The highest BCUT2D eigenvalue weighted by molar-refractivity contribution is 7.89. The third-order valence-corrected chi connectivity index (χ3v) is 6.18. The molecule has 1 aliphatic heterocycles. The van der Waals surface area contributed by atoms with Gasteiger partial charge >= 0.3 is 0 Å². The van der Waals surface area contributed by atoms with Crippen LogP contribution >= 0.6 is 11.6 Å². The van der Waals surface area contributed by atoms with Crippen molar-refractivity contribution < 1.29 is 13.2 Å². The number of halogens is 1. The molecule has 26 heavy (non-hydrogen) atoms. The number of hydrogen-bond donors (Lipinski definition) is 1. The summed E-state index contributed by atoms with van der Waals surface area (Å²) in [4.78, 5) is 14.7. The predicted molar refractivity (Wildman–Crippen MR) is 102 cm³/mol. The average molecular weight is 393 g/mol. The van der Waals surface area contributed by atoms with Gasteiger partial charge in [0.05, 0.1) is 4.90 Å². The predicted octanol–water partition coefficient (Wildman–Crippen LogP) is 3.23. The van der Waals surface area contributed by atoms with Crippen LogP contribution in [0.15, 0.2) is 47.4 Å². The van der Waals surface area contributed by atoms with Crippen LogP contribution in [0.5, 0.6) is 0 Å². The maximum Gasteiger partial charge on any atom is 0.254 e. The van der Waals surface area contributed by atoms with Gasteiger partial charge in [0.2, 0.25) is 10.0 Å². The molecule has 0 unspecified atom stereocenters. The Kier molecular flexibility index (Phi) is 5.37. The molecule has 0 spiro atoms. The van der Waals surface area contributed by atoms with Gasteiger partial charge in [-0.3, -0.25) is 4.79 Å². The summed E-state index contributed by atoms with van der Waals surface area (Å²) in [7, 11) is -3.56. The number of nitrogens with zero attached hydrogens (tertiary/aromatic N) is 1. The standard InChI is InChI=1S/C19H21ClN2O3S/c1-13(2)21-26(24,25)18-8-5-14-9-10-22(12-16(14)11-18)19(23)15-3-6-17(20)7-4-15/h3-8,11,13,21H,9-10,12H2,1-2H3.